The summed E-state index contributed by atoms with van der Waals surface area (Å²) in [5, 5.41) is 2.94. The van der Waals surface area contributed by atoms with Crippen LogP contribution in [0.3, 0.4) is 0 Å². The number of likely N-dealkylation sites (N-methyl/N-ethyl adjacent to an activating group) is 1. The van der Waals surface area contributed by atoms with Crippen molar-refractivity contribution in [1.29, 1.82) is 0 Å². The molecule has 0 aliphatic rings. The van der Waals surface area contributed by atoms with Crippen LogP contribution in [0.4, 0.5) is 0 Å². The van der Waals surface area contributed by atoms with Gasteiger partial charge in [0.2, 0.25) is 14.9 Å². The quantitative estimate of drug-likeness (QED) is 0.614. The highest BCUT2D eigenvalue weighted by atomic mass is 35.5. The molecule has 1 N–H and O–H groups in total. The summed E-state index contributed by atoms with van der Waals surface area (Å²) in [5.74, 6) is -0.548. The van der Waals surface area contributed by atoms with Gasteiger partial charge in [0.1, 0.15) is 0 Å². The molecule has 1 aromatic heterocycles. The molecule has 0 spiro atoms. The van der Waals surface area contributed by atoms with Crippen LogP contribution >= 0.6 is 11.6 Å². The van der Waals surface area contributed by atoms with Crippen LogP contribution in [-0.4, -0.2) is 39.9 Å². The first kappa shape index (κ1) is 21.1. The summed E-state index contributed by atoms with van der Waals surface area (Å²) < 4.78 is 30.6. The van der Waals surface area contributed by atoms with Crippen LogP contribution in [0, 0.1) is 0 Å². The monoisotopic (exact) mass is 432 g/mol. The standard InChI is InChI=1S/C21H21ClN2O4S/c1-24(2)18(15-6-4-3-5-7-15)14-23-21(25)19-12-13-20(28-19)29(26,27)17-10-8-16(22)9-11-17/h3-13,18H,14H2,1-2H3,(H,23,25). The summed E-state index contributed by atoms with van der Waals surface area (Å²) in [4.78, 5) is 14.5. The average molecular weight is 433 g/mol. The van der Waals surface area contributed by atoms with Gasteiger partial charge < -0.3 is 14.6 Å². The predicted octanol–water partition coefficient (Wildman–Crippen LogP) is 3.80. The lowest BCUT2D eigenvalue weighted by Gasteiger charge is -2.24. The maximum Gasteiger partial charge on any atom is 0.287 e. The Hall–Kier alpha value is -2.61. The van der Waals surface area contributed by atoms with Gasteiger partial charge in [-0.25, -0.2) is 8.42 Å². The average Bonchev–Trinajstić information content (AvgIpc) is 3.20. The van der Waals surface area contributed by atoms with Gasteiger partial charge in [0, 0.05) is 11.6 Å². The molecule has 3 aromatic rings. The molecule has 1 unspecified atom stereocenters. The zero-order valence-electron chi connectivity index (χ0n) is 16.0. The van der Waals surface area contributed by atoms with Gasteiger partial charge in [-0.15, -0.1) is 0 Å². The number of hydrogen-bond acceptors (Lipinski definition) is 5. The SMILES string of the molecule is CN(C)C(CNC(=O)c1ccc(S(=O)(=O)c2ccc(Cl)cc2)o1)c1ccccc1. The van der Waals surface area contributed by atoms with Gasteiger partial charge in [-0.05, 0) is 56.1 Å². The minimum absolute atomic E-state index is 0.0348. The molecule has 1 amide bonds. The number of nitrogens with one attached hydrogen (secondary N) is 1. The van der Waals surface area contributed by atoms with E-state index in [2.05, 4.69) is 5.32 Å². The van der Waals surface area contributed by atoms with Crippen molar-refractivity contribution in [1.82, 2.24) is 10.2 Å². The van der Waals surface area contributed by atoms with Gasteiger partial charge in [-0.2, -0.15) is 0 Å². The Labute approximate surface area is 175 Å². The first-order chi connectivity index (χ1) is 13.8. The fourth-order valence-corrected chi connectivity index (χ4v) is 4.17. The molecule has 0 saturated carbocycles. The van der Waals surface area contributed by atoms with Crippen molar-refractivity contribution >= 4 is 27.3 Å². The summed E-state index contributed by atoms with van der Waals surface area (Å²) in [7, 11) is -0.0214. The van der Waals surface area contributed by atoms with Crippen LogP contribution in [0.2, 0.25) is 5.02 Å². The molecule has 0 bridgehead atoms. The van der Waals surface area contributed by atoms with Crippen molar-refractivity contribution < 1.29 is 17.6 Å². The van der Waals surface area contributed by atoms with Gasteiger partial charge in [0.05, 0.1) is 10.9 Å². The largest absolute Gasteiger partial charge is 0.439 e. The van der Waals surface area contributed by atoms with E-state index in [-0.39, 0.29) is 21.8 Å². The minimum Gasteiger partial charge on any atom is -0.439 e. The van der Waals surface area contributed by atoms with E-state index in [4.69, 9.17) is 16.0 Å². The Morgan fingerprint density at radius 2 is 1.69 bits per heavy atom. The third-order valence-electron chi connectivity index (χ3n) is 4.46. The third kappa shape index (κ3) is 4.87. The van der Waals surface area contributed by atoms with Crippen LogP contribution in [-0.2, 0) is 9.84 Å². The van der Waals surface area contributed by atoms with Gasteiger partial charge in [0.25, 0.3) is 5.91 Å². The van der Waals surface area contributed by atoms with E-state index in [1.165, 1.54) is 36.4 Å². The molecule has 0 fully saturated rings. The Balaban J connectivity index is 1.73. The van der Waals surface area contributed by atoms with E-state index in [1.807, 2.05) is 49.3 Å². The van der Waals surface area contributed by atoms with Crippen LogP contribution in [0.25, 0.3) is 0 Å². The molecule has 2 aromatic carbocycles. The zero-order chi connectivity index (χ0) is 21.0. The molecule has 3 rings (SSSR count). The van der Waals surface area contributed by atoms with E-state index in [1.54, 1.807) is 0 Å². The lowest BCUT2D eigenvalue weighted by Crippen LogP contribution is -2.34. The summed E-state index contributed by atoms with van der Waals surface area (Å²) >= 11 is 5.81. The van der Waals surface area contributed by atoms with E-state index < -0.39 is 15.7 Å². The minimum atomic E-state index is -3.87. The Bertz CT molecular complexity index is 1080. The second-order valence-corrected chi connectivity index (χ2v) is 8.99. The lowest BCUT2D eigenvalue weighted by molar-refractivity contribution is 0.0909. The molecular formula is C21H21ClN2O4S. The Kier molecular flexibility index (Phi) is 6.42. The number of amides is 1. The van der Waals surface area contributed by atoms with Gasteiger partial charge >= 0.3 is 0 Å². The fourth-order valence-electron chi connectivity index (χ4n) is 2.87. The highest BCUT2D eigenvalue weighted by molar-refractivity contribution is 7.91. The van der Waals surface area contributed by atoms with Gasteiger partial charge in [-0.1, -0.05) is 41.9 Å². The maximum atomic E-state index is 12.6. The molecule has 1 atom stereocenters. The smallest absolute Gasteiger partial charge is 0.287 e. The second kappa shape index (κ2) is 8.82. The van der Waals surface area contributed by atoms with E-state index in [0.29, 0.717) is 11.6 Å². The first-order valence-corrected chi connectivity index (χ1v) is 10.7. The number of furan rings is 1. The molecule has 152 valence electrons. The molecule has 0 aliphatic carbocycles. The van der Waals surface area contributed by atoms with Crippen molar-refractivity contribution in [3.05, 3.63) is 83.1 Å². The number of nitrogens with zero attached hydrogens (tertiary/aromatic N) is 1. The predicted molar refractivity (Wildman–Crippen MR) is 111 cm³/mol. The molecular weight excluding hydrogens is 412 g/mol. The van der Waals surface area contributed by atoms with E-state index in [9.17, 15) is 13.2 Å². The van der Waals surface area contributed by atoms with Gasteiger partial charge in [0.15, 0.2) is 5.76 Å². The number of sulfone groups is 1. The number of halogens is 1. The number of hydrogen-bond donors (Lipinski definition) is 1. The topological polar surface area (TPSA) is 79.6 Å². The van der Waals surface area contributed by atoms with Crippen LogP contribution in [0.5, 0.6) is 0 Å². The molecule has 0 aliphatic heterocycles. The molecule has 6 nitrogen and oxygen atoms in total. The van der Waals surface area contributed by atoms with Crippen molar-refractivity contribution in [2.45, 2.75) is 16.0 Å². The van der Waals surface area contributed by atoms with E-state index in [0.717, 1.165) is 5.56 Å². The van der Waals surface area contributed by atoms with Gasteiger partial charge in [-0.3, -0.25) is 4.79 Å². The van der Waals surface area contributed by atoms with E-state index >= 15 is 0 Å². The summed E-state index contributed by atoms with van der Waals surface area (Å²) in [6.45, 7) is 0.343. The van der Waals surface area contributed by atoms with Crippen molar-refractivity contribution in [2.24, 2.45) is 0 Å². The Morgan fingerprint density at radius 3 is 2.31 bits per heavy atom. The fraction of sp³-hybridized carbons (Fsp3) is 0.190. The van der Waals surface area contributed by atoms with Crippen LogP contribution in [0.1, 0.15) is 22.2 Å². The zero-order valence-corrected chi connectivity index (χ0v) is 17.6. The first-order valence-electron chi connectivity index (χ1n) is 8.89. The highest BCUT2D eigenvalue weighted by Crippen LogP contribution is 2.24. The van der Waals surface area contributed by atoms with Crippen molar-refractivity contribution in [3.63, 3.8) is 0 Å². The number of carbonyl (C=O) groups is 1. The van der Waals surface area contributed by atoms with Crippen molar-refractivity contribution in [2.75, 3.05) is 20.6 Å². The van der Waals surface area contributed by atoms with Crippen LogP contribution < -0.4 is 5.32 Å². The molecule has 0 saturated heterocycles. The molecule has 1 heterocycles. The molecule has 8 heteroatoms. The van der Waals surface area contributed by atoms with Crippen molar-refractivity contribution in [3.8, 4) is 0 Å². The number of benzene rings is 2. The lowest BCUT2D eigenvalue weighted by atomic mass is 10.1. The molecule has 0 radical (unpaired) electrons. The second-order valence-electron chi connectivity index (χ2n) is 6.68. The summed E-state index contributed by atoms with van der Waals surface area (Å²) in [6.07, 6.45) is 0. The third-order valence-corrected chi connectivity index (χ3v) is 6.35. The molecule has 29 heavy (non-hydrogen) atoms. The number of rotatable bonds is 7. The normalized spacial score (nSPS) is 12.7. The Morgan fingerprint density at radius 1 is 1.03 bits per heavy atom. The summed E-state index contributed by atoms with van der Waals surface area (Å²) in [5.41, 5.74) is 1.06. The highest BCUT2D eigenvalue weighted by Gasteiger charge is 2.24. The maximum absolute atomic E-state index is 12.6. The van der Waals surface area contributed by atoms with Crippen LogP contribution in [0.15, 0.2) is 81.1 Å². The summed E-state index contributed by atoms with van der Waals surface area (Å²) in [6, 6.07) is 18.1. The number of carbonyl (C=O) groups excluding carboxylic acids is 1.